The van der Waals surface area contributed by atoms with E-state index in [1.165, 1.54) is 24.0 Å². The average Bonchev–Trinajstić information content (AvgIpc) is 3.30. The van der Waals surface area contributed by atoms with Crippen LogP contribution in [0.4, 0.5) is 0 Å². The van der Waals surface area contributed by atoms with Crippen LogP contribution in [0.3, 0.4) is 0 Å². The van der Waals surface area contributed by atoms with Gasteiger partial charge in [0.15, 0.2) is 0 Å². The number of hydrogen-bond donors (Lipinski definition) is 1. The molecule has 0 spiro atoms. The van der Waals surface area contributed by atoms with Crippen LogP contribution in [0.2, 0.25) is 0 Å². The maximum absolute atomic E-state index is 5.54. The van der Waals surface area contributed by atoms with Crippen molar-refractivity contribution in [3.8, 4) is 16.9 Å². The third-order valence-corrected chi connectivity index (χ3v) is 3.51. The minimum atomic E-state index is 0.663. The Morgan fingerprint density at radius 2 is 2.10 bits per heavy atom. The highest BCUT2D eigenvalue weighted by Crippen LogP contribution is 2.27. The summed E-state index contributed by atoms with van der Waals surface area (Å²) in [6.45, 7) is 3.57. The van der Waals surface area contributed by atoms with Crippen LogP contribution in [0.1, 0.15) is 25.3 Å². The Labute approximate surface area is 120 Å². The van der Waals surface area contributed by atoms with Crippen LogP contribution in [-0.2, 0) is 6.54 Å². The fourth-order valence-corrected chi connectivity index (χ4v) is 2.31. The van der Waals surface area contributed by atoms with E-state index in [2.05, 4.69) is 40.6 Å². The number of hydrogen-bond acceptors (Lipinski definition) is 3. The molecule has 20 heavy (non-hydrogen) atoms. The molecule has 0 aliphatic heterocycles. The van der Waals surface area contributed by atoms with Gasteiger partial charge in [0.05, 0.1) is 12.8 Å². The Bertz CT molecular complexity index is 579. The first-order chi connectivity index (χ1) is 9.86. The van der Waals surface area contributed by atoms with Crippen molar-refractivity contribution in [1.29, 1.82) is 0 Å². The molecule has 3 heteroatoms. The number of ether oxygens (including phenoxy) is 1. The highest BCUT2D eigenvalue weighted by atomic mass is 16.5. The zero-order valence-electron chi connectivity index (χ0n) is 11.8. The molecule has 1 aliphatic rings. The van der Waals surface area contributed by atoms with Crippen LogP contribution >= 0.6 is 0 Å². The molecule has 3 nitrogen and oxygen atoms in total. The molecule has 1 aromatic heterocycles. The van der Waals surface area contributed by atoms with Crippen molar-refractivity contribution in [2.45, 2.75) is 32.4 Å². The van der Waals surface area contributed by atoms with Gasteiger partial charge in [-0.2, -0.15) is 0 Å². The standard InChI is InChI=1S/C17H20N2O/c1-2-20-16-9-14(10-18-12-16)17-6-4-3-5-13(17)11-19-15-7-8-15/h3-6,9-10,12,15,19H,2,7-8,11H2,1H3. The molecule has 1 aromatic carbocycles. The highest BCUT2D eigenvalue weighted by molar-refractivity contribution is 5.67. The molecule has 1 aliphatic carbocycles. The third-order valence-electron chi connectivity index (χ3n) is 3.51. The van der Waals surface area contributed by atoms with Crippen molar-refractivity contribution in [2.24, 2.45) is 0 Å². The molecule has 0 atom stereocenters. The van der Waals surface area contributed by atoms with Crippen molar-refractivity contribution in [3.63, 3.8) is 0 Å². The molecule has 1 saturated carbocycles. The van der Waals surface area contributed by atoms with Gasteiger partial charge < -0.3 is 10.1 Å². The lowest BCUT2D eigenvalue weighted by Gasteiger charge is -2.11. The van der Waals surface area contributed by atoms with Crippen molar-refractivity contribution in [3.05, 3.63) is 48.3 Å². The van der Waals surface area contributed by atoms with Gasteiger partial charge in [-0.3, -0.25) is 4.98 Å². The van der Waals surface area contributed by atoms with Crippen molar-refractivity contribution < 1.29 is 4.74 Å². The number of pyridine rings is 1. The molecule has 1 heterocycles. The Morgan fingerprint density at radius 3 is 2.90 bits per heavy atom. The summed E-state index contributed by atoms with van der Waals surface area (Å²) in [5.74, 6) is 0.829. The predicted octanol–water partition coefficient (Wildman–Crippen LogP) is 3.40. The maximum Gasteiger partial charge on any atom is 0.138 e. The summed E-state index contributed by atoms with van der Waals surface area (Å²) in [7, 11) is 0. The van der Waals surface area contributed by atoms with Gasteiger partial charge in [0.2, 0.25) is 0 Å². The summed E-state index contributed by atoms with van der Waals surface area (Å²) in [6, 6.07) is 11.3. The minimum Gasteiger partial charge on any atom is -0.492 e. The Kier molecular flexibility index (Phi) is 3.97. The van der Waals surface area contributed by atoms with Gasteiger partial charge in [0.1, 0.15) is 5.75 Å². The number of rotatable bonds is 6. The summed E-state index contributed by atoms with van der Waals surface area (Å²) < 4.78 is 5.54. The molecule has 3 rings (SSSR count). The minimum absolute atomic E-state index is 0.663. The van der Waals surface area contributed by atoms with Gasteiger partial charge in [0, 0.05) is 24.3 Å². The molecule has 1 N–H and O–H groups in total. The quantitative estimate of drug-likeness (QED) is 0.872. The average molecular weight is 268 g/mol. The van der Waals surface area contributed by atoms with E-state index >= 15 is 0 Å². The number of nitrogens with zero attached hydrogens (tertiary/aromatic N) is 1. The Hall–Kier alpha value is -1.87. The van der Waals surface area contributed by atoms with Gasteiger partial charge in [0.25, 0.3) is 0 Å². The highest BCUT2D eigenvalue weighted by Gasteiger charge is 2.20. The normalized spacial score (nSPS) is 14.2. The van der Waals surface area contributed by atoms with Crippen LogP contribution in [-0.4, -0.2) is 17.6 Å². The smallest absolute Gasteiger partial charge is 0.138 e. The fraction of sp³-hybridized carbons (Fsp3) is 0.353. The van der Waals surface area contributed by atoms with E-state index in [1.807, 2.05) is 13.1 Å². The molecular weight excluding hydrogens is 248 g/mol. The topological polar surface area (TPSA) is 34.1 Å². The van der Waals surface area contributed by atoms with Gasteiger partial charge in [-0.25, -0.2) is 0 Å². The van der Waals surface area contributed by atoms with Crippen molar-refractivity contribution in [2.75, 3.05) is 6.61 Å². The zero-order valence-corrected chi connectivity index (χ0v) is 11.8. The first-order valence-corrected chi connectivity index (χ1v) is 7.26. The zero-order chi connectivity index (χ0) is 13.8. The number of nitrogens with one attached hydrogen (secondary N) is 1. The number of aromatic nitrogens is 1. The van der Waals surface area contributed by atoms with Gasteiger partial charge in [-0.1, -0.05) is 24.3 Å². The lowest BCUT2D eigenvalue weighted by atomic mass is 10.0. The number of benzene rings is 1. The largest absolute Gasteiger partial charge is 0.492 e. The molecule has 104 valence electrons. The van der Waals surface area contributed by atoms with Crippen LogP contribution in [0, 0.1) is 0 Å². The van der Waals surface area contributed by atoms with Crippen LogP contribution in [0.25, 0.3) is 11.1 Å². The summed E-state index contributed by atoms with van der Waals surface area (Å²) in [6.07, 6.45) is 6.28. The third kappa shape index (κ3) is 3.17. The van der Waals surface area contributed by atoms with E-state index < -0.39 is 0 Å². The molecule has 0 bridgehead atoms. The van der Waals surface area contributed by atoms with E-state index in [0.717, 1.165) is 23.9 Å². The summed E-state index contributed by atoms with van der Waals surface area (Å²) in [4.78, 5) is 4.28. The SMILES string of the molecule is CCOc1cncc(-c2ccccc2CNC2CC2)c1. The second kappa shape index (κ2) is 6.06. The molecule has 0 radical (unpaired) electrons. The van der Waals surface area contributed by atoms with Gasteiger partial charge >= 0.3 is 0 Å². The molecule has 1 fully saturated rings. The van der Waals surface area contributed by atoms with Crippen LogP contribution < -0.4 is 10.1 Å². The van der Waals surface area contributed by atoms with Crippen molar-refractivity contribution >= 4 is 0 Å². The molecule has 2 aromatic rings. The van der Waals surface area contributed by atoms with E-state index in [-0.39, 0.29) is 0 Å². The van der Waals surface area contributed by atoms with Gasteiger partial charge in [-0.15, -0.1) is 0 Å². The molecule has 0 unspecified atom stereocenters. The lowest BCUT2D eigenvalue weighted by Crippen LogP contribution is -2.15. The monoisotopic (exact) mass is 268 g/mol. The molecular formula is C17H20N2O. The molecule has 0 amide bonds. The second-order valence-electron chi connectivity index (χ2n) is 5.15. The fourth-order valence-electron chi connectivity index (χ4n) is 2.31. The second-order valence-corrected chi connectivity index (χ2v) is 5.15. The Balaban J connectivity index is 1.85. The van der Waals surface area contributed by atoms with E-state index in [0.29, 0.717) is 6.61 Å². The summed E-state index contributed by atoms with van der Waals surface area (Å²) in [5, 5.41) is 3.57. The summed E-state index contributed by atoms with van der Waals surface area (Å²) >= 11 is 0. The summed E-state index contributed by atoms with van der Waals surface area (Å²) in [5.41, 5.74) is 3.66. The maximum atomic E-state index is 5.54. The molecule has 0 saturated heterocycles. The predicted molar refractivity (Wildman–Crippen MR) is 80.7 cm³/mol. The lowest BCUT2D eigenvalue weighted by molar-refractivity contribution is 0.339. The van der Waals surface area contributed by atoms with Crippen molar-refractivity contribution in [1.82, 2.24) is 10.3 Å². The first-order valence-electron chi connectivity index (χ1n) is 7.26. The first kappa shape index (κ1) is 13.1. The van der Waals surface area contributed by atoms with Gasteiger partial charge in [-0.05, 0) is 37.0 Å². The van der Waals surface area contributed by atoms with E-state index in [1.54, 1.807) is 6.20 Å². The van der Waals surface area contributed by atoms with E-state index in [9.17, 15) is 0 Å². The van der Waals surface area contributed by atoms with Crippen LogP contribution in [0.5, 0.6) is 5.75 Å². The van der Waals surface area contributed by atoms with E-state index in [4.69, 9.17) is 4.74 Å². The van der Waals surface area contributed by atoms with Crippen LogP contribution in [0.15, 0.2) is 42.7 Å². The Morgan fingerprint density at radius 1 is 1.25 bits per heavy atom.